The summed E-state index contributed by atoms with van der Waals surface area (Å²) in [5, 5.41) is 0.358. The third-order valence-electron chi connectivity index (χ3n) is 3.03. The van der Waals surface area contributed by atoms with Crippen LogP contribution in [0.3, 0.4) is 0 Å². The van der Waals surface area contributed by atoms with Gasteiger partial charge in [-0.2, -0.15) is 0 Å². The lowest BCUT2D eigenvalue weighted by Crippen LogP contribution is -2.02. The molecule has 1 aliphatic heterocycles. The monoisotopic (exact) mass is 244 g/mol. The van der Waals surface area contributed by atoms with Crippen molar-refractivity contribution in [1.82, 2.24) is 0 Å². The van der Waals surface area contributed by atoms with Gasteiger partial charge >= 0.3 is 5.30 Å². The van der Waals surface area contributed by atoms with Gasteiger partial charge in [-0.1, -0.05) is 58.3 Å². The number of thioether (sulfide) groups is 1. The van der Waals surface area contributed by atoms with E-state index >= 15 is 0 Å². The van der Waals surface area contributed by atoms with Crippen LogP contribution in [-0.4, -0.2) is 17.2 Å². The Bertz CT molecular complexity index is 194. The summed E-state index contributed by atoms with van der Waals surface area (Å²) in [7, 11) is 0. The fourth-order valence-corrected chi connectivity index (χ4v) is 2.84. The molecular weight excluding hydrogens is 220 g/mol. The van der Waals surface area contributed by atoms with Gasteiger partial charge in [-0.15, -0.1) is 0 Å². The first-order chi connectivity index (χ1) is 7.83. The van der Waals surface area contributed by atoms with Crippen LogP contribution in [0.5, 0.6) is 0 Å². The van der Waals surface area contributed by atoms with E-state index in [2.05, 4.69) is 6.92 Å². The molecule has 1 fully saturated rings. The number of carbonyl (C=O) groups excluding carboxylic acids is 1. The molecule has 1 aliphatic rings. The van der Waals surface area contributed by atoms with Gasteiger partial charge in [0, 0.05) is 0 Å². The molecule has 0 amide bonds. The number of hydrogen-bond donors (Lipinski definition) is 0. The third-order valence-corrected chi connectivity index (χ3v) is 4.05. The summed E-state index contributed by atoms with van der Waals surface area (Å²) in [4.78, 5) is 10.8. The average Bonchev–Trinajstić information content (AvgIpc) is 2.68. The molecule has 0 aromatic heterocycles. The summed E-state index contributed by atoms with van der Waals surface area (Å²) >= 11 is 1.38. The van der Waals surface area contributed by atoms with Crippen LogP contribution < -0.4 is 0 Å². The molecule has 0 aromatic carbocycles. The van der Waals surface area contributed by atoms with Gasteiger partial charge in [-0.25, -0.2) is 4.79 Å². The molecule has 3 heteroatoms. The second kappa shape index (κ2) is 8.91. The fraction of sp³-hybridized carbons (Fsp3) is 0.923. The van der Waals surface area contributed by atoms with E-state index in [9.17, 15) is 4.79 Å². The SMILES string of the molecule is CCCCCCCCCCC1COC(=O)S1. The molecule has 1 rings (SSSR count). The Balaban J connectivity index is 1.79. The highest BCUT2D eigenvalue weighted by atomic mass is 32.2. The Hall–Kier alpha value is -0.180. The smallest absolute Gasteiger partial charge is 0.367 e. The fourth-order valence-electron chi connectivity index (χ4n) is 2.01. The minimum absolute atomic E-state index is 0.0791. The molecule has 0 N–H and O–H groups in total. The van der Waals surface area contributed by atoms with E-state index in [1.165, 1.54) is 63.1 Å². The largest absolute Gasteiger partial charge is 0.456 e. The van der Waals surface area contributed by atoms with Gasteiger partial charge in [0.1, 0.15) is 6.61 Å². The number of cyclic esters (lactones) is 1. The van der Waals surface area contributed by atoms with E-state index in [-0.39, 0.29) is 5.30 Å². The Morgan fingerprint density at radius 1 is 1.12 bits per heavy atom. The maximum atomic E-state index is 10.8. The molecule has 0 bridgehead atoms. The molecule has 2 nitrogen and oxygen atoms in total. The standard InChI is InChI=1S/C13H24O2S/c1-2-3-4-5-6-7-8-9-10-12-11-15-13(14)16-12/h12H,2-11H2,1H3. The van der Waals surface area contributed by atoms with Crippen molar-refractivity contribution in [3.8, 4) is 0 Å². The van der Waals surface area contributed by atoms with Crippen molar-refractivity contribution in [1.29, 1.82) is 0 Å². The predicted molar refractivity (Wildman–Crippen MR) is 70.0 cm³/mol. The van der Waals surface area contributed by atoms with Crippen LogP contribution in [0.15, 0.2) is 0 Å². The van der Waals surface area contributed by atoms with E-state index in [1.807, 2.05) is 0 Å². The van der Waals surface area contributed by atoms with Gasteiger partial charge in [0.2, 0.25) is 0 Å². The highest BCUT2D eigenvalue weighted by molar-refractivity contribution is 8.14. The lowest BCUT2D eigenvalue weighted by molar-refractivity contribution is 0.183. The first-order valence-corrected chi connectivity index (χ1v) is 7.54. The lowest BCUT2D eigenvalue weighted by atomic mass is 10.1. The van der Waals surface area contributed by atoms with E-state index in [0.717, 1.165) is 6.42 Å². The van der Waals surface area contributed by atoms with Crippen LogP contribution in [0.1, 0.15) is 64.7 Å². The van der Waals surface area contributed by atoms with Gasteiger partial charge in [0.25, 0.3) is 0 Å². The quantitative estimate of drug-likeness (QED) is 0.432. The van der Waals surface area contributed by atoms with E-state index in [0.29, 0.717) is 11.9 Å². The summed E-state index contributed by atoms with van der Waals surface area (Å²) in [5.74, 6) is 0. The van der Waals surface area contributed by atoms with Crippen LogP contribution in [-0.2, 0) is 4.74 Å². The second-order valence-corrected chi connectivity index (χ2v) is 5.80. The molecule has 94 valence electrons. The topological polar surface area (TPSA) is 26.3 Å². The number of ether oxygens (including phenoxy) is 1. The molecule has 0 radical (unpaired) electrons. The molecular formula is C13H24O2S. The highest BCUT2D eigenvalue weighted by Gasteiger charge is 2.23. The summed E-state index contributed by atoms with van der Waals surface area (Å²) < 4.78 is 4.91. The third kappa shape index (κ3) is 6.41. The molecule has 1 unspecified atom stereocenters. The lowest BCUT2D eigenvalue weighted by Gasteiger charge is -2.04. The molecule has 0 aliphatic carbocycles. The second-order valence-electron chi connectivity index (χ2n) is 4.56. The summed E-state index contributed by atoms with van der Waals surface area (Å²) in [6.07, 6.45) is 12.0. The van der Waals surface area contributed by atoms with Crippen LogP contribution in [0.25, 0.3) is 0 Å². The van der Waals surface area contributed by atoms with Gasteiger partial charge in [0.15, 0.2) is 0 Å². The molecule has 0 aromatic rings. The Labute approximate surface area is 104 Å². The van der Waals surface area contributed by atoms with Gasteiger partial charge < -0.3 is 4.74 Å². The van der Waals surface area contributed by atoms with Gasteiger partial charge in [0.05, 0.1) is 5.25 Å². The van der Waals surface area contributed by atoms with Crippen molar-refractivity contribution in [2.45, 2.75) is 70.0 Å². The number of unbranched alkanes of at least 4 members (excludes halogenated alkanes) is 7. The van der Waals surface area contributed by atoms with E-state index in [1.54, 1.807) is 0 Å². The minimum atomic E-state index is -0.0791. The maximum Gasteiger partial charge on any atom is 0.367 e. The van der Waals surface area contributed by atoms with Crippen molar-refractivity contribution in [2.24, 2.45) is 0 Å². The van der Waals surface area contributed by atoms with Crippen LogP contribution in [0, 0.1) is 0 Å². The molecule has 0 saturated carbocycles. The van der Waals surface area contributed by atoms with E-state index in [4.69, 9.17) is 4.74 Å². The number of hydrogen-bond acceptors (Lipinski definition) is 3. The first-order valence-electron chi connectivity index (χ1n) is 6.66. The average molecular weight is 244 g/mol. The van der Waals surface area contributed by atoms with Crippen molar-refractivity contribution in [3.63, 3.8) is 0 Å². The summed E-state index contributed by atoms with van der Waals surface area (Å²) in [6.45, 7) is 2.89. The van der Waals surface area contributed by atoms with Crippen molar-refractivity contribution >= 4 is 17.1 Å². The normalized spacial score (nSPS) is 20.1. The molecule has 0 spiro atoms. The molecule has 1 atom stereocenters. The van der Waals surface area contributed by atoms with Crippen LogP contribution >= 0.6 is 11.8 Å². The highest BCUT2D eigenvalue weighted by Crippen LogP contribution is 2.26. The van der Waals surface area contributed by atoms with Crippen LogP contribution in [0.4, 0.5) is 4.79 Å². The summed E-state index contributed by atoms with van der Waals surface area (Å²) in [5.41, 5.74) is 0. The summed E-state index contributed by atoms with van der Waals surface area (Å²) in [6, 6.07) is 0. The van der Waals surface area contributed by atoms with Gasteiger partial charge in [-0.3, -0.25) is 0 Å². The van der Waals surface area contributed by atoms with Crippen LogP contribution in [0.2, 0.25) is 0 Å². The minimum Gasteiger partial charge on any atom is -0.456 e. The Kier molecular flexibility index (Phi) is 7.73. The molecule has 1 saturated heterocycles. The van der Waals surface area contributed by atoms with E-state index < -0.39 is 0 Å². The molecule has 1 heterocycles. The zero-order chi connectivity index (χ0) is 11.6. The van der Waals surface area contributed by atoms with Crippen molar-refractivity contribution in [3.05, 3.63) is 0 Å². The Morgan fingerprint density at radius 2 is 1.75 bits per heavy atom. The zero-order valence-corrected chi connectivity index (χ0v) is 11.2. The number of rotatable bonds is 9. The predicted octanol–water partition coefficient (Wildman–Crippen LogP) is 4.77. The first kappa shape index (κ1) is 13.9. The zero-order valence-electron chi connectivity index (χ0n) is 10.4. The number of carbonyl (C=O) groups is 1. The maximum absolute atomic E-state index is 10.8. The Morgan fingerprint density at radius 3 is 2.31 bits per heavy atom. The van der Waals surface area contributed by atoms with Crippen molar-refractivity contribution in [2.75, 3.05) is 6.61 Å². The van der Waals surface area contributed by atoms with Crippen molar-refractivity contribution < 1.29 is 9.53 Å². The van der Waals surface area contributed by atoms with Gasteiger partial charge in [-0.05, 0) is 18.2 Å². The molecule has 16 heavy (non-hydrogen) atoms.